The van der Waals surface area contributed by atoms with Gasteiger partial charge in [0.15, 0.2) is 0 Å². The summed E-state index contributed by atoms with van der Waals surface area (Å²) in [7, 11) is 0. The Morgan fingerprint density at radius 3 is 2.57 bits per heavy atom. The smallest absolute Gasteiger partial charge is 0.303 e. The largest absolute Gasteiger partial charge is 0.481 e. The molecule has 2 aliphatic rings. The zero-order chi connectivity index (χ0) is 16.3. The average molecular weight is 357 g/mol. The van der Waals surface area contributed by atoms with E-state index in [9.17, 15) is 4.79 Å². The summed E-state index contributed by atoms with van der Waals surface area (Å²) in [6, 6.07) is 0. The number of carboxylic acid groups (broad SMARTS) is 1. The minimum Gasteiger partial charge on any atom is -0.481 e. The van der Waals surface area contributed by atoms with Gasteiger partial charge in [-0.15, -0.1) is 0 Å². The summed E-state index contributed by atoms with van der Waals surface area (Å²) in [4.78, 5) is 10.5. The van der Waals surface area contributed by atoms with Crippen molar-refractivity contribution in [2.45, 2.75) is 69.5 Å². The molecule has 4 heteroatoms. The van der Waals surface area contributed by atoms with Crippen molar-refractivity contribution < 1.29 is 9.90 Å². The summed E-state index contributed by atoms with van der Waals surface area (Å²) in [5.74, 6) is 5.06. The maximum absolute atomic E-state index is 10.5. The second kappa shape index (κ2) is 11.5. The Morgan fingerprint density at radius 1 is 1.09 bits per heavy atom. The van der Waals surface area contributed by atoms with Crippen LogP contribution in [0.3, 0.4) is 0 Å². The van der Waals surface area contributed by atoms with Crippen LogP contribution in [-0.2, 0) is 4.79 Å². The van der Waals surface area contributed by atoms with Crippen LogP contribution in [0, 0.1) is 11.8 Å². The second-order valence-corrected chi connectivity index (χ2v) is 9.41. The zero-order valence-corrected chi connectivity index (χ0v) is 15.9. The van der Waals surface area contributed by atoms with E-state index >= 15 is 0 Å². The van der Waals surface area contributed by atoms with E-state index in [1.807, 2.05) is 0 Å². The molecule has 0 aromatic rings. The minimum absolute atomic E-state index is 0.296. The molecule has 1 saturated carbocycles. The first-order valence-electron chi connectivity index (χ1n) is 9.32. The summed E-state index contributed by atoms with van der Waals surface area (Å²) in [5, 5.41) is 9.56. The van der Waals surface area contributed by atoms with Gasteiger partial charge < -0.3 is 5.11 Å². The molecule has 0 aromatic heterocycles. The second-order valence-electron chi connectivity index (χ2n) is 7.00. The molecule has 0 amide bonds. The van der Waals surface area contributed by atoms with E-state index in [1.54, 1.807) is 0 Å². The highest BCUT2D eigenvalue weighted by atomic mass is 32.2. The van der Waals surface area contributed by atoms with Crippen LogP contribution < -0.4 is 0 Å². The third-order valence-corrected chi connectivity index (χ3v) is 7.94. The Kier molecular flexibility index (Phi) is 9.59. The number of thioether (sulfide) groups is 2. The molecule has 0 unspecified atom stereocenters. The fourth-order valence-corrected chi connectivity index (χ4v) is 6.78. The van der Waals surface area contributed by atoms with Crippen LogP contribution in [0.1, 0.15) is 64.2 Å². The SMILES string of the molecule is O=C(O)CCC/C=C\C[C@H]1CSC[C@H]1CSC1CCCCCC1. The number of carbonyl (C=O) groups is 1. The van der Waals surface area contributed by atoms with E-state index in [0.29, 0.717) is 6.42 Å². The molecule has 0 bridgehead atoms. The number of allylic oxidation sites excluding steroid dienone is 2. The lowest BCUT2D eigenvalue weighted by Gasteiger charge is -2.20. The van der Waals surface area contributed by atoms with Crippen LogP contribution in [-0.4, -0.2) is 33.6 Å². The summed E-state index contributed by atoms with van der Waals surface area (Å²) in [6.45, 7) is 0. The van der Waals surface area contributed by atoms with E-state index < -0.39 is 5.97 Å². The molecular formula is C19H32O2S2. The Hall–Kier alpha value is -0.0900. The van der Waals surface area contributed by atoms with Gasteiger partial charge in [0, 0.05) is 11.7 Å². The average Bonchev–Trinajstić information content (AvgIpc) is 2.81. The van der Waals surface area contributed by atoms with Gasteiger partial charge in [-0.25, -0.2) is 0 Å². The molecule has 2 nitrogen and oxygen atoms in total. The summed E-state index contributed by atoms with van der Waals surface area (Å²) in [5.41, 5.74) is 0. The van der Waals surface area contributed by atoms with Crippen molar-refractivity contribution in [2.24, 2.45) is 11.8 Å². The Labute approximate surface area is 150 Å². The van der Waals surface area contributed by atoms with Gasteiger partial charge in [-0.3, -0.25) is 4.79 Å². The Balaban J connectivity index is 1.62. The Bertz CT molecular complexity index is 362. The van der Waals surface area contributed by atoms with Crippen molar-refractivity contribution in [1.82, 2.24) is 0 Å². The first-order chi connectivity index (χ1) is 11.3. The predicted octanol–water partition coefficient (Wildman–Crippen LogP) is 5.62. The van der Waals surface area contributed by atoms with E-state index in [-0.39, 0.29) is 0 Å². The lowest BCUT2D eigenvalue weighted by molar-refractivity contribution is -0.137. The molecular weight excluding hydrogens is 324 g/mol. The van der Waals surface area contributed by atoms with Crippen LogP contribution in [0.25, 0.3) is 0 Å². The summed E-state index contributed by atoms with van der Waals surface area (Å²) < 4.78 is 0. The molecule has 2 atom stereocenters. The summed E-state index contributed by atoms with van der Waals surface area (Å²) >= 11 is 4.39. The molecule has 1 aliphatic carbocycles. The number of hydrogen-bond acceptors (Lipinski definition) is 3. The fourth-order valence-electron chi connectivity index (χ4n) is 3.52. The quantitative estimate of drug-likeness (QED) is 0.330. The van der Waals surface area contributed by atoms with E-state index in [1.165, 1.54) is 62.2 Å². The van der Waals surface area contributed by atoms with E-state index in [2.05, 4.69) is 35.7 Å². The summed E-state index contributed by atoms with van der Waals surface area (Å²) in [6.07, 6.45) is 16.3. The molecule has 1 N–H and O–H groups in total. The number of rotatable bonds is 9. The topological polar surface area (TPSA) is 37.3 Å². The predicted molar refractivity (Wildman–Crippen MR) is 103 cm³/mol. The van der Waals surface area contributed by atoms with Crippen LogP contribution >= 0.6 is 23.5 Å². The maximum atomic E-state index is 10.5. The van der Waals surface area contributed by atoms with Gasteiger partial charge in [0.25, 0.3) is 0 Å². The van der Waals surface area contributed by atoms with Crippen LogP contribution in [0.2, 0.25) is 0 Å². The number of unbranched alkanes of at least 4 members (excludes halogenated alkanes) is 1. The van der Waals surface area contributed by atoms with Crippen molar-refractivity contribution in [3.63, 3.8) is 0 Å². The van der Waals surface area contributed by atoms with Gasteiger partial charge >= 0.3 is 5.97 Å². The van der Waals surface area contributed by atoms with E-state index in [0.717, 1.165) is 29.9 Å². The van der Waals surface area contributed by atoms with Crippen molar-refractivity contribution >= 4 is 29.5 Å². The van der Waals surface area contributed by atoms with Crippen LogP contribution in [0.4, 0.5) is 0 Å². The van der Waals surface area contributed by atoms with Crippen molar-refractivity contribution in [3.8, 4) is 0 Å². The molecule has 0 spiro atoms. The van der Waals surface area contributed by atoms with Gasteiger partial charge in [-0.05, 0) is 61.2 Å². The molecule has 2 fully saturated rings. The lowest BCUT2D eigenvalue weighted by atomic mass is 9.94. The third-order valence-electron chi connectivity index (χ3n) is 5.05. The molecule has 0 aromatic carbocycles. The molecule has 132 valence electrons. The zero-order valence-electron chi connectivity index (χ0n) is 14.3. The van der Waals surface area contributed by atoms with Gasteiger partial charge in [0.1, 0.15) is 0 Å². The number of hydrogen-bond donors (Lipinski definition) is 1. The standard InChI is InChI=1S/C19H32O2S2/c20-19(21)12-8-4-1-5-9-16-13-22-14-17(16)15-23-18-10-6-2-3-7-11-18/h1,5,16-18H,2-4,6-15H2,(H,20,21)/b5-1-/t16-,17-/m0/s1. The lowest BCUT2D eigenvalue weighted by Crippen LogP contribution is -2.16. The molecule has 1 aliphatic heterocycles. The first-order valence-corrected chi connectivity index (χ1v) is 11.5. The maximum Gasteiger partial charge on any atom is 0.303 e. The van der Waals surface area contributed by atoms with Gasteiger partial charge in [0.05, 0.1) is 0 Å². The molecule has 1 saturated heterocycles. The monoisotopic (exact) mass is 356 g/mol. The fraction of sp³-hybridized carbons (Fsp3) is 0.842. The van der Waals surface area contributed by atoms with Crippen LogP contribution in [0.15, 0.2) is 12.2 Å². The van der Waals surface area contributed by atoms with Gasteiger partial charge in [-0.2, -0.15) is 23.5 Å². The highest BCUT2D eigenvalue weighted by molar-refractivity contribution is 8.00. The van der Waals surface area contributed by atoms with Crippen molar-refractivity contribution in [3.05, 3.63) is 12.2 Å². The first kappa shape index (κ1) is 19.2. The molecule has 2 rings (SSSR count). The molecule has 23 heavy (non-hydrogen) atoms. The van der Waals surface area contributed by atoms with Gasteiger partial charge in [0.2, 0.25) is 0 Å². The third kappa shape index (κ3) is 8.02. The number of aliphatic carboxylic acids is 1. The molecule has 0 radical (unpaired) electrons. The number of carboxylic acids is 1. The van der Waals surface area contributed by atoms with Crippen molar-refractivity contribution in [1.29, 1.82) is 0 Å². The van der Waals surface area contributed by atoms with E-state index in [4.69, 9.17) is 5.11 Å². The molecule has 1 heterocycles. The van der Waals surface area contributed by atoms with Crippen molar-refractivity contribution in [2.75, 3.05) is 17.3 Å². The minimum atomic E-state index is -0.679. The van der Waals surface area contributed by atoms with Crippen LogP contribution in [0.5, 0.6) is 0 Å². The Morgan fingerprint density at radius 2 is 1.83 bits per heavy atom. The highest BCUT2D eigenvalue weighted by Crippen LogP contribution is 2.37. The highest BCUT2D eigenvalue weighted by Gasteiger charge is 2.27. The normalized spacial score (nSPS) is 26.6. The van der Waals surface area contributed by atoms with Gasteiger partial charge in [-0.1, -0.05) is 37.8 Å².